The molecule has 0 saturated heterocycles. The highest BCUT2D eigenvalue weighted by Crippen LogP contribution is 2.19. The first-order valence-electron chi connectivity index (χ1n) is 6.32. The number of hydrogen-bond donors (Lipinski definition) is 2. The molecule has 0 radical (unpaired) electrons. The van der Waals surface area contributed by atoms with E-state index in [4.69, 9.17) is 0 Å². The van der Waals surface area contributed by atoms with Gasteiger partial charge in [-0.3, -0.25) is 0 Å². The molecule has 96 valence electrons. The summed E-state index contributed by atoms with van der Waals surface area (Å²) >= 11 is 0. The molecular weight excluding hydrogens is 231 g/mol. The number of benzene rings is 1. The molecule has 0 spiro atoms. The molecule has 2 aromatic rings. The van der Waals surface area contributed by atoms with Crippen LogP contribution in [0.25, 0.3) is 11.0 Å². The van der Waals surface area contributed by atoms with Crippen molar-refractivity contribution in [1.82, 2.24) is 15.3 Å². The summed E-state index contributed by atoms with van der Waals surface area (Å²) in [6, 6.07) is 5.33. The van der Waals surface area contributed by atoms with Gasteiger partial charge in [-0.05, 0) is 31.0 Å². The highest BCUT2D eigenvalue weighted by Gasteiger charge is 2.20. The van der Waals surface area contributed by atoms with Crippen molar-refractivity contribution in [2.75, 3.05) is 25.0 Å². The summed E-state index contributed by atoms with van der Waals surface area (Å²) in [5.74, 6) is 0.545. The number of aromatic amines is 1. The maximum Gasteiger partial charge on any atom is 0.203 e. The number of nitrogens with zero attached hydrogens (tertiary/aromatic N) is 2. The van der Waals surface area contributed by atoms with Crippen molar-refractivity contribution < 1.29 is 4.39 Å². The summed E-state index contributed by atoms with van der Waals surface area (Å²) in [7, 11) is 1.99. The minimum Gasteiger partial charge on any atom is -0.344 e. The first-order chi connectivity index (χ1) is 8.72. The Labute approximate surface area is 105 Å². The second kappa shape index (κ2) is 4.57. The van der Waals surface area contributed by atoms with Crippen LogP contribution in [0.5, 0.6) is 0 Å². The van der Waals surface area contributed by atoms with E-state index in [-0.39, 0.29) is 5.82 Å². The third-order valence-electron chi connectivity index (χ3n) is 3.25. The molecule has 0 bridgehead atoms. The van der Waals surface area contributed by atoms with Crippen LogP contribution in [0, 0.1) is 5.82 Å². The molecule has 1 aromatic carbocycles. The highest BCUT2D eigenvalue weighted by atomic mass is 19.1. The Hall–Kier alpha value is -1.62. The van der Waals surface area contributed by atoms with E-state index >= 15 is 0 Å². The number of fused-ring (bicyclic) bond motifs is 1. The van der Waals surface area contributed by atoms with Crippen LogP contribution < -0.4 is 10.2 Å². The van der Waals surface area contributed by atoms with Gasteiger partial charge in [0.15, 0.2) is 0 Å². The Morgan fingerprint density at radius 3 is 3.11 bits per heavy atom. The number of aromatic nitrogens is 2. The first-order valence-corrected chi connectivity index (χ1v) is 6.32. The molecule has 1 aliphatic carbocycles. The van der Waals surface area contributed by atoms with Crippen molar-refractivity contribution in [2.24, 2.45) is 0 Å². The average Bonchev–Trinajstić information content (AvgIpc) is 3.06. The van der Waals surface area contributed by atoms with Gasteiger partial charge in [-0.1, -0.05) is 0 Å². The molecule has 1 aliphatic rings. The van der Waals surface area contributed by atoms with Gasteiger partial charge in [0.2, 0.25) is 5.95 Å². The summed E-state index contributed by atoms with van der Waals surface area (Å²) < 4.78 is 13.1. The molecular formula is C13H17FN4. The van der Waals surface area contributed by atoms with Gasteiger partial charge < -0.3 is 15.2 Å². The Balaban J connectivity index is 1.67. The SMILES string of the molecule is CN(CCNC1CC1)c1nc2ccc(F)cc2[nH]1. The Bertz CT molecular complexity index is 547. The van der Waals surface area contributed by atoms with Crippen LogP contribution in [-0.2, 0) is 0 Å². The number of H-pyrrole nitrogens is 1. The minimum atomic E-state index is -0.240. The van der Waals surface area contributed by atoms with Gasteiger partial charge in [0.05, 0.1) is 11.0 Å². The zero-order valence-electron chi connectivity index (χ0n) is 10.4. The topological polar surface area (TPSA) is 44.0 Å². The van der Waals surface area contributed by atoms with Crippen LogP contribution in [0.3, 0.4) is 0 Å². The summed E-state index contributed by atoms with van der Waals surface area (Å²) in [6.07, 6.45) is 2.60. The highest BCUT2D eigenvalue weighted by molar-refractivity contribution is 5.77. The van der Waals surface area contributed by atoms with E-state index in [1.165, 1.54) is 25.0 Å². The van der Waals surface area contributed by atoms with Gasteiger partial charge in [0.25, 0.3) is 0 Å². The summed E-state index contributed by atoms with van der Waals surface area (Å²) in [5, 5.41) is 3.46. The zero-order valence-corrected chi connectivity index (χ0v) is 10.4. The number of hydrogen-bond acceptors (Lipinski definition) is 3. The number of halogens is 1. The predicted octanol–water partition coefficient (Wildman–Crippen LogP) is 1.89. The average molecular weight is 248 g/mol. The van der Waals surface area contributed by atoms with Crippen molar-refractivity contribution in [1.29, 1.82) is 0 Å². The van der Waals surface area contributed by atoms with E-state index in [2.05, 4.69) is 15.3 Å². The zero-order chi connectivity index (χ0) is 12.5. The molecule has 4 nitrogen and oxygen atoms in total. The minimum absolute atomic E-state index is 0.240. The van der Waals surface area contributed by atoms with E-state index in [0.717, 1.165) is 36.1 Å². The predicted molar refractivity (Wildman–Crippen MR) is 70.3 cm³/mol. The van der Waals surface area contributed by atoms with E-state index in [1.54, 1.807) is 6.07 Å². The van der Waals surface area contributed by atoms with Crippen molar-refractivity contribution in [3.63, 3.8) is 0 Å². The molecule has 18 heavy (non-hydrogen) atoms. The molecule has 1 saturated carbocycles. The number of likely N-dealkylation sites (N-methyl/N-ethyl adjacent to an activating group) is 1. The lowest BCUT2D eigenvalue weighted by atomic mass is 10.3. The van der Waals surface area contributed by atoms with Gasteiger partial charge >= 0.3 is 0 Å². The Morgan fingerprint density at radius 1 is 1.50 bits per heavy atom. The summed E-state index contributed by atoms with van der Waals surface area (Å²) in [5.41, 5.74) is 1.54. The lowest BCUT2D eigenvalue weighted by Gasteiger charge is -2.15. The number of imidazole rings is 1. The smallest absolute Gasteiger partial charge is 0.203 e. The molecule has 3 rings (SSSR count). The largest absolute Gasteiger partial charge is 0.344 e. The van der Waals surface area contributed by atoms with Gasteiger partial charge in [-0.25, -0.2) is 9.37 Å². The quantitative estimate of drug-likeness (QED) is 0.849. The van der Waals surface area contributed by atoms with Gasteiger partial charge in [-0.2, -0.15) is 0 Å². The lowest BCUT2D eigenvalue weighted by molar-refractivity contribution is 0.629. The summed E-state index contributed by atoms with van der Waals surface area (Å²) in [6.45, 7) is 1.84. The van der Waals surface area contributed by atoms with E-state index < -0.39 is 0 Å². The van der Waals surface area contributed by atoms with Crippen molar-refractivity contribution in [3.8, 4) is 0 Å². The van der Waals surface area contributed by atoms with Crippen LogP contribution in [0.15, 0.2) is 18.2 Å². The third-order valence-corrected chi connectivity index (χ3v) is 3.25. The fourth-order valence-electron chi connectivity index (χ4n) is 1.98. The van der Waals surface area contributed by atoms with Crippen molar-refractivity contribution in [3.05, 3.63) is 24.0 Å². The normalized spacial score (nSPS) is 15.2. The number of rotatable bonds is 5. The maximum atomic E-state index is 13.1. The van der Waals surface area contributed by atoms with E-state index in [0.29, 0.717) is 0 Å². The number of nitrogens with one attached hydrogen (secondary N) is 2. The van der Waals surface area contributed by atoms with E-state index in [1.807, 2.05) is 11.9 Å². The molecule has 1 aromatic heterocycles. The van der Waals surface area contributed by atoms with Crippen LogP contribution in [0.2, 0.25) is 0 Å². The standard InChI is InChI=1S/C13H17FN4/c1-18(7-6-15-10-3-4-10)13-16-11-5-2-9(14)8-12(11)17-13/h2,5,8,10,15H,3-4,6-7H2,1H3,(H,16,17). The molecule has 0 unspecified atom stereocenters. The Kier molecular flexibility index (Phi) is 2.91. The van der Waals surface area contributed by atoms with Crippen LogP contribution in [0.4, 0.5) is 10.3 Å². The van der Waals surface area contributed by atoms with Crippen LogP contribution in [0.1, 0.15) is 12.8 Å². The van der Waals surface area contributed by atoms with E-state index in [9.17, 15) is 4.39 Å². The monoisotopic (exact) mass is 248 g/mol. The van der Waals surface area contributed by atoms with Crippen LogP contribution >= 0.6 is 0 Å². The van der Waals surface area contributed by atoms with Gasteiger partial charge in [0.1, 0.15) is 5.82 Å². The molecule has 1 heterocycles. The summed E-state index contributed by atoms with van der Waals surface area (Å²) in [4.78, 5) is 9.63. The fraction of sp³-hybridized carbons (Fsp3) is 0.462. The van der Waals surface area contributed by atoms with Crippen molar-refractivity contribution in [2.45, 2.75) is 18.9 Å². The second-order valence-electron chi connectivity index (χ2n) is 4.87. The third kappa shape index (κ3) is 2.46. The lowest BCUT2D eigenvalue weighted by Crippen LogP contribution is -2.30. The van der Waals surface area contributed by atoms with Gasteiger partial charge in [0, 0.05) is 26.2 Å². The number of anilines is 1. The maximum absolute atomic E-state index is 13.1. The molecule has 0 atom stereocenters. The first kappa shape index (κ1) is 11.5. The molecule has 5 heteroatoms. The molecule has 2 N–H and O–H groups in total. The van der Waals surface area contributed by atoms with Gasteiger partial charge in [-0.15, -0.1) is 0 Å². The Morgan fingerprint density at radius 2 is 2.33 bits per heavy atom. The fourth-order valence-corrected chi connectivity index (χ4v) is 1.98. The van der Waals surface area contributed by atoms with Crippen LogP contribution in [-0.4, -0.2) is 36.1 Å². The molecule has 0 aliphatic heterocycles. The second-order valence-corrected chi connectivity index (χ2v) is 4.87. The molecule has 0 amide bonds. The molecule has 1 fully saturated rings. The van der Waals surface area contributed by atoms with Crippen molar-refractivity contribution >= 4 is 17.0 Å².